The summed E-state index contributed by atoms with van der Waals surface area (Å²) in [5, 5.41) is 16.5. The molecule has 0 radical (unpaired) electrons. The Morgan fingerprint density at radius 1 is 1.56 bits per heavy atom. The van der Waals surface area contributed by atoms with Crippen molar-refractivity contribution < 1.29 is 4.79 Å². The Hall–Kier alpha value is -2.25. The second-order valence-electron chi connectivity index (χ2n) is 3.13. The van der Waals surface area contributed by atoms with Gasteiger partial charge in [-0.2, -0.15) is 5.10 Å². The average molecular weight is 221 g/mol. The van der Waals surface area contributed by atoms with Gasteiger partial charge in [-0.15, -0.1) is 5.10 Å². The third-order valence-corrected chi connectivity index (χ3v) is 1.96. The number of carbonyl (C=O) groups is 1. The molecule has 0 aliphatic carbocycles. The lowest BCUT2D eigenvalue weighted by Crippen LogP contribution is -2.24. The molecular weight excluding hydrogens is 210 g/mol. The van der Waals surface area contributed by atoms with Gasteiger partial charge in [0.25, 0.3) is 0 Å². The summed E-state index contributed by atoms with van der Waals surface area (Å²) >= 11 is 0. The Labute approximate surface area is 91.1 Å². The number of aromatic nitrogens is 6. The quantitative estimate of drug-likeness (QED) is 0.681. The van der Waals surface area contributed by atoms with Crippen molar-refractivity contribution in [3.05, 3.63) is 24.5 Å². The predicted molar refractivity (Wildman–Crippen MR) is 52.9 cm³/mol. The van der Waals surface area contributed by atoms with Gasteiger partial charge in [0.15, 0.2) is 0 Å². The van der Waals surface area contributed by atoms with Crippen molar-refractivity contribution in [2.75, 3.05) is 0 Å². The molecule has 0 bridgehead atoms. The van der Waals surface area contributed by atoms with Gasteiger partial charge in [0.2, 0.25) is 5.91 Å². The summed E-state index contributed by atoms with van der Waals surface area (Å²) in [7, 11) is 0. The standard InChI is InChI=1S/C8H11N7O/c16-8(1-3-15-4-2-11-14-15)9-5-7-10-6-12-13-7/h2,4,6H,1,3,5H2,(H,9,16)(H,10,12,13). The topological polar surface area (TPSA) is 101 Å². The Morgan fingerprint density at radius 2 is 2.50 bits per heavy atom. The zero-order valence-electron chi connectivity index (χ0n) is 8.50. The first-order valence-corrected chi connectivity index (χ1v) is 4.79. The summed E-state index contributed by atoms with van der Waals surface area (Å²) in [5.74, 6) is 0.570. The Morgan fingerprint density at radius 3 is 3.19 bits per heavy atom. The maximum absolute atomic E-state index is 11.4. The minimum absolute atomic E-state index is 0.0631. The first kappa shape index (κ1) is 10.3. The van der Waals surface area contributed by atoms with Crippen LogP contribution in [0.4, 0.5) is 0 Å². The van der Waals surface area contributed by atoms with E-state index in [1.165, 1.54) is 6.33 Å². The fourth-order valence-electron chi connectivity index (χ4n) is 1.15. The fourth-order valence-corrected chi connectivity index (χ4v) is 1.15. The van der Waals surface area contributed by atoms with Gasteiger partial charge in [0.1, 0.15) is 12.2 Å². The van der Waals surface area contributed by atoms with E-state index in [9.17, 15) is 4.79 Å². The summed E-state index contributed by atoms with van der Waals surface area (Å²) < 4.78 is 1.61. The van der Waals surface area contributed by atoms with Crippen LogP contribution in [-0.2, 0) is 17.9 Å². The molecule has 2 aromatic rings. The van der Waals surface area contributed by atoms with Crippen LogP contribution in [0.15, 0.2) is 18.7 Å². The SMILES string of the molecule is O=C(CCn1ccnn1)NCc1ncn[nH]1. The molecule has 0 saturated heterocycles. The molecule has 2 rings (SSSR count). The molecule has 0 aromatic carbocycles. The van der Waals surface area contributed by atoms with Gasteiger partial charge in [-0.05, 0) is 0 Å². The smallest absolute Gasteiger partial charge is 0.222 e. The molecule has 2 N–H and O–H groups in total. The summed E-state index contributed by atoms with van der Waals surface area (Å²) in [5.41, 5.74) is 0. The molecule has 0 saturated carbocycles. The van der Waals surface area contributed by atoms with Crippen LogP contribution in [0.5, 0.6) is 0 Å². The van der Waals surface area contributed by atoms with E-state index in [1.807, 2.05) is 0 Å². The number of hydrogen-bond donors (Lipinski definition) is 2. The lowest BCUT2D eigenvalue weighted by molar-refractivity contribution is -0.121. The van der Waals surface area contributed by atoms with Crippen LogP contribution in [0.1, 0.15) is 12.2 Å². The highest BCUT2D eigenvalue weighted by Crippen LogP contribution is 1.89. The highest BCUT2D eigenvalue weighted by atomic mass is 16.1. The second-order valence-corrected chi connectivity index (χ2v) is 3.13. The van der Waals surface area contributed by atoms with E-state index in [-0.39, 0.29) is 5.91 Å². The average Bonchev–Trinajstić information content (AvgIpc) is 2.96. The number of aromatic amines is 1. The number of amides is 1. The monoisotopic (exact) mass is 221 g/mol. The van der Waals surface area contributed by atoms with Gasteiger partial charge in [-0.3, -0.25) is 14.6 Å². The van der Waals surface area contributed by atoms with E-state index in [4.69, 9.17) is 0 Å². The number of nitrogens with one attached hydrogen (secondary N) is 2. The number of aryl methyl sites for hydroxylation is 1. The summed E-state index contributed by atoms with van der Waals surface area (Å²) in [4.78, 5) is 15.3. The molecule has 2 aromatic heterocycles. The summed E-state index contributed by atoms with van der Waals surface area (Å²) in [6.45, 7) is 0.873. The predicted octanol–water partition coefficient (Wildman–Crippen LogP) is -0.897. The van der Waals surface area contributed by atoms with E-state index in [1.54, 1.807) is 17.1 Å². The Kier molecular flexibility index (Phi) is 3.22. The van der Waals surface area contributed by atoms with E-state index >= 15 is 0 Å². The van der Waals surface area contributed by atoms with Crippen molar-refractivity contribution in [3.63, 3.8) is 0 Å². The zero-order valence-corrected chi connectivity index (χ0v) is 8.50. The third kappa shape index (κ3) is 2.87. The van der Waals surface area contributed by atoms with Gasteiger partial charge < -0.3 is 5.32 Å². The molecule has 84 valence electrons. The second kappa shape index (κ2) is 5.01. The molecule has 2 heterocycles. The summed E-state index contributed by atoms with van der Waals surface area (Å²) in [6, 6.07) is 0. The van der Waals surface area contributed by atoms with Crippen LogP contribution in [0.2, 0.25) is 0 Å². The van der Waals surface area contributed by atoms with Crippen molar-refractivity contribution in [2.45, 2.75) is 19.5 Å². The van der Waals surface area contributed by atoms with Gasteiger partial charge in [0.05, 0.1) is 19.3 Å². The van der Waals surface area contributed by atoms with Crippen LogP contribution in [0.3, 0.4) is 0 Å². The molecular formula is C8H11N7O. The van der Waals surface area contributed by atoms with Crippen LogP contribution in [-0.4, -0.2) is 36.1 Å². The van der Waals surface area contributed by atoms with Crippen LogP contribution < -0.4 is 5.32 Å². The van der Waals surface area contributed by atoms with Gasteiger partial charge in [-0.1, -0.05) is 5.21 Å². The van der Waals surface area contributed by atoms with Crippen LogP contribution in [0.25, 0.3) is 0 Å². The molecule has 0 aliphatic heterocycles. The number of hydrogen-bond acceptors (Lipinski definition) is 5. The number of nitrogens with zero attached hydrogens (tertiary/aromatic N) is 5. The van der Waals surface area contributed by atoms with Gasteiger partial charge in [0, 0.05) is 12.6 Å². The fraction of sp³-hybridized carbons (Fsp3) is 0.375. The molecule has 8 nitrogen and oxygen atoms in total. The number of carbonyl (C=O) groups excluding carboxylic acids is 1. The lowest BCUT2D eigenvalue weighted by Gasteiger charge is -2.02. The lowest BCUT2D eigenvalue weighted by atomic mass is 10.4. The van der Waals surface area contributed by atoms with Crippen molar-refractivity contribution >= 4 is 5.91 Å². The number of H-pyrrole nitrogens is 1. The van der Waals surface area contributed by atoms with Gasteiger partial charge >= 0.3 is 0 Å². The van der Waals surface area contributed by atoms with E-state index in [2.05, 4.69) is 30.8 Å². The van der Waals surface area contributed by atoms with Crippen molar-refractivity contribution in [2.24, 2.45) is 0 Å². The molecule has 0 atom stereocenters. The first-order valence-electron chi connectivity index (χ1n) is 4.79. The molecule has 0 spiro atoms. The first-order chi connectivity index (χ1) is 7.84. The third-order valence-electron chi connectivity index (χ3n) is 1.96. The largest absolute Gasteiger partial charge is 0.349 e. The zero-order chi connectivity index (χ0) is 11.2. The summed E-state index contributed by atoms with van der Waals surface area (Å²) in [6.07, 6.45) is 5.05. The normalized spacial score (nSPS) is 10.2. The molecule has 0 unspecified atom stereocenters. The Bertz CT molecular complexity index is 381. The van der Waals surface area contributed by atoms with Crippen molar-refractivity contribution in [3.8, 4) is 0 Å². The maximum Gasteiger partial charge on any atom is 0.222 e. The highest BCUT2D eigenvalue weighted by Gasteiger charge is 2.03. The van der Waals surface area contributed by atoms with Crippen molar-refractivity contribution in [1.82, 2.24) is 35.5 Å². The van der Waals surface area contributed by atoms with E-state index < -0.39 is 0 Å². The van der Waals surface area contributed by atoms with E-state index in [0.717, 1.165) is 0 Å². The molecule has 16 heavy (non-hydrogen) atoms. The minimum atomic E-state index is -0.0631. The van der Waals surface area contributed by atoms with Gasteiger partial charge in [-0.25, -0.2) is 4.98 Å². The molecule has 0 aliphatic rings. The molecule has 8 heteroatoms. The molecule has 0 fully saturated rings. The van der Waals surface area contributed by atoms with E-state index in [0.29, 0.717) is 25.3 Å². The number of rotatable bonds is 5. The highest BCUT2D eigenvalue weighted by molar-refractivity contribution is 5.75. The minimum Gasteiger partial charge on any atom is -0.349 e. The van der Waals surface area contributed by atoms with Crippen LogP contribution >= 0.6 is 0 Å². The molecule has 1 amide bonds. The van der Waals surface area contributed by atoms with Crippen molar-refractivity contribution in [1.29, 1.82) is 0 Å². The van der Waals surface area contributed by atoms with Crippen LogP contribution in [0, 0.1) is 0 Å². The Balaban J connectivity index is 1.69. The maximum atomic E-state index is 11.4.